The van der Waals surface area contributed by atoms with Gasteiger partial charge in [-0.2, -0.15) is 4.98 Å². The van der Waals surface area contributed by atoms with Crippen LogP contribution in [-0.4, -0.2) is 36.5 Å². The van der Waals surface area contributed by atoms with Crippen molar-refractivity contribution in [2.24, 2.45) is 0 Å². The lowest BCUT2D eigenvalue weighted by atomic mass is 10.1. The minimum Gasteiger partial charge on any atom is -0.463 e. The zero-order chi connectivity index (χ0) is 19.3. The lowest BCUT2D eigenvalue weighted by Crippen LogP contribution is -2.21. The molecule has 0 unspecified atom stereocenters. The van der Waals surface area contributed by atoms with Crippen molar-refractivity contribution in [2.75, 3.05) is 36.7 Å². The second-order valence-electron chi connectivity index (χ2n) is 7.07. The Labute approximate surface area is 168 Å². The van der Waals surface area contributed by atoms with Crippen LogP contribution >= 0.6 is 11.3 Å². The number of aryl methyl sites for hydroxylation is 2. The molecule has 0 spiro atoms. The number of thiophene rings is 1. The normalized spacial score (nSPS) is 14.0. The molecule has 4 rings (SSSR count). The molecule has 1 saturated heterocycles. The summed E-state index contributed by atoms with van der Waals surface area (Å²) in [6.45, 7) is 4.23. The molecule has 1 N–H and O–H groups in total. The van der Waals surface area contributed by atoms with E-state index in [1.807, 2.05) is 24.3 Å². The van der Waals surface area contributed by atoms with Crippen molar-refractivity contribution in [3.05, 3.63) is 40.8 Å². The minimum atomic E-state index is -0.794. The fourth-order valence-corrected chi connectivity index (χ4v) is 4.41. The van der Waals surface area contributed by atoms with Gasteiger partial charge in [-0.1, -0.05) is 12.1 Å². The summed E-state index contributed by atoms with van der Waals surface area (Å²) in [5.74, 6) is 2.34. The predicted octanol–water partition coefficient (Wildman–Crippen LogP) is 4.95. The zero-order valence-corrected chi connectivity index (χ0v) is 16.9. The molecule has 148 valence electrons. The molecule has 0 bridgehead atoms. The van der Waals surface area contributed by atoms with E-state index in [-0.39, 0.29) is 0 Å². The average Bonchev–Trinajstić information content (AvgIpc) is 3.35. The fraction of sp³-hybridized carbons (Fsp3) is 0.429. The van der Waals surface area contributed by atoms with Gasteiger partial charge in [-0.3, -0.25) is 0 Å². The predicted molar refractivity (Wildman–Crippen MR) is 113 cm³/mol. The Kier molecular flexibility index (Phi) is 5.90. The molecule has 0 aliphatic carbocycles. The molecule has 3 heterocycles. The van der Waals surface area contributed by atoms with Crippen molar-refractivity contribution >= 4 is 33.3 Å². The van der Waals surface area contributed by atoms with Crippen LogP contribution in [-0.2, 0) is 6.42 Å². The number of rotatable bonds is 8. The van der Waals surface area contributed by atoms with E-state index in [1.54, 1.807) is 11.3 Å². The SMILES string of the molecule is Cc1cc2c(NCCCc3ccc(OCF)cc3)nc(N3CCCC3)nc2s1. The van der Waals surface area contributed by atoms with Gasteiger partial charge >= 0.3 is 0 Å². The van der Waals surface area contributed by atoms with Crippen LogP contribution in [0, 0.1) is 6.92 Å². The molecule has 0 atom stereocenters. The summed E-state index contributed by atoms with van der Waals surface area (Å²) in [6.07, 6.45) is 4.35. The number of hydrogen-bond acceptors (Lipinski definition) is 6. The third kappa shape index (κ3) is 4.35. The van der Waals surface area contributed by atoms with Gasteiger partial charge in [-0.25, -0.2) is 9.37 Å². The highest BCUT2D eigenvalue weighted by Crippen LogP contribution is 2.31. The summed E-state index contributed by atoms with van der Waals surface area (Å²) in [7, 11) is 0. The lowest BCUT2D eigenvalue weighted by Gasteiger charge is -2.16. The largest absolute Gasteiger partial charge is 0.463 e. The lowest BCUT2D eigenvalue weighted by molar-refractivity contribution is 0.191. The molecule has 1 fully saturated rings. The number of anilines is 2. The first-order chi connectivity index (χ1) is 13.7. The Morgan fingerprint density at radius 1 is 1.18 bits per heavy atom. The third-order valence-electron chi connectivity index (χ3n) is 4.97. The van der Waals surface area contributed by atoms with E-state index in [4.69, 9.17) is 14.7 Å². The fourth-order valence-electron chi connectivity index (χ4n) is 3.54. The van der Waals surface area contributed by atoms with Crippen LogP contribution in [0.1, 0.15) is 29.7 Å². The number of ether oxygens (including phenoxy) is 1. The van der Waals surface area contributed by atoms with Gasteiger partial charge in [0.05, 0.1) is 5.39 Å². The van der Waals surface area contributed by atoms with Gasteiger partial charge in [0.25, 0.3) is 0 Å². The Hall–Kier alpha value is -2.41. The molecule has 5 nitrogen and oxygen atoms in total. The number of benzene rings is 1. The number of halogens is 1. The average molecular weight is 401 g/mol. The van der Waals surface area contributed by atoms with E-state index in [0.29, 0.717) is 5.75 Å². The smallest absolute Gasteiger partial charge is 0.228 e. The van der Waals surface area contributed by atoms with Gasteiger partial charge in [-0.05, 0) is 56.4 Å². The van der Waals surface area contributed by atoms with E-state index in [0.717, 1.165) is 54.5 Å². The third-order valence-corrected chi connectivity index (χ3v) is 5.92. The van der Waals surface area contributed by atoms with Crippen LogP contribution in [0.3, 0.4) is 0 Å². The molecule has 1 aromatic carbocycles. The van der Waals surface area contributed by atoms with Crippen molar-refractivity contribution in [1.82, 2.24) is 9.97 Å². The Morgan fingerprint density at radius 3 is 2.71 bits per heavy atom. The van der Waals surface area contributed by atoms with Crippen molar-refractivity contribution in [3.8, 4) is 5.75 Å². The van der Waals surface area contributed by atoms with Crippen LogP contribution in [0.2, 0.25) is 0 Å². The maximum atomic E-state index is 12.2. The molecule has 3 aromatic rings. The van der Waals surface area contributed by atoms with Gasteiger partial charge < -0.3 is 15.0 Å². The highest BCUT2D eigenvalue weighted by atomic mass is 32.1. The van der Waals surface area contributed by atoms with Gasteiger partial charge in [0.1, 0.15) is 16.4 Å². The molecule has 1 aliphatic heterocycles. The standard InChI is InChI=1S/C21H25FN4OS/c1-15-13-18-19(24-21(25-20(18)28-15)26-11-2-3-12-26)23-10-4-5-16-6-8-17(9-7-16)27-14-22/h6-9,13H,2-5,10-12,14H2,1H3,(H,23,24,25). The summed E-state index contributed by atoms with van der Waals surface area (Å²) in [5.41, 5.74) is 1.21. The van der Waals surface area contributed by atoms with Crippen molar-refractivity contribution in [2.45, 2.75) is 32.6 Å². The molecule has 2 aromatic heterocycles. The van der Waals surface area contributed by atoms with Crippen LogP contribution in [0.25, 0.3) is 10.2 Å². The first-order valence-corrected chi connectivity index (χ1v) is 10.6. The molecular formula is C21H25FN4OS. The Balaban J connectivity index is 1.40. The van der Waals surface area contributed by atoms with Gasteiger partial charge in [0, 0.05) is 24.5 Å². The topological polar surface area (TPSA) is 50.3 Å². The second-order valence-corrected chi connectivity index (χ2v) is 8.30. The molecule has 0 radical (unpaired) electrons. The first-order valence-electron chi connectivity index (χ1n) is 9.77. The number of nitrogens with zero attached hydrogens (tertiary/aromatic N) is 3. The first kappa shape index (κ1) is 18.9. The number of alkyl halides is 1. The van der Waals surface area contributed by atoms with E-state index < -0.39 is 6.86 Å². The van der Waals surface area contributed by atoms with Gasteiger partial charge in [0.15, 0.2) is 0 Å². The second kappa shape index (κ2) is 8.73. The maximum absolute atomic E-state index is 12.2. The summed E-state index contributed by atoms with van der Waals surface area (Å²) >= 11 is 1.72. The molecule has 7 heteroatoms. The van der Waals surface area contributed by atoms with Crippen LogP contribution in [0.5, 0.6) is 5.75 Å². The highest BCUT2D eigenvalue weighted by molar-refractivity contribution is 7.18. The molecular weight excluding hydrogens is 375 g/mol. The van der Waals surface area contributed by atoms with Crippen molar-refractivity contribution < 1.29 is 9.13 Å². The van der Waals surface area contributed by atoms with E-state index in [9.17, 15) is 4.39 Å². The monoisotopic (exact) mass is 400 g/mol. The molecule has 1 aliphatic rings. The molecule has 0 saturated carbocycles. The van der Waals surface area contributed by atoms with Gasteiger partial charge in [-0.15, -0.1) is 11.3 Å². The van der Waals surface area contributed by atoms with Crippen LogP contribution in [0.15, 0.2) is 30.3 Å². The van der Waals surface area contributed by atoms with Crippen LogP contribution < -0.4 is 15.0 Å². The summed E-state index contributed by atoms with van der Waals surface area (Å²) in [5, 5.41) is 4.63. The van der Waals surface area contributed by atoms with Crippen molar-refractivity contribution in [1.29, 1.82) is 0 Å². The Morgan fingerprint density at radius 2 is 1.96 bits per heavy atom. The zero-order valence-electron chi connectivity index (χ0n) is 16.1. The van der Waals surface area contributed by atoms with E-state index in [1.165, 1.54) is 23.3 Å². The molecule has 0 amide bonds. The van der Waals surface area contributed by atoms with Crippen molar-refractivity contribution in [3.63, 3.8) is 0 Å². The summed E-state index contributed by atoms with van der Waals surface area (Å²) in [4.78, 5) is 14.2. The molecule has 28 heavy (non-hydrogen) atoms. The van der Waals surface area contributed by atoms with E-state index in [2.05, 4.69) is 23.2 Å². The quantitative estimate of drug-likeness (QED) is 0.542. The minimum absolute atomic E-state index is 0.565. The van der Waals surface area contributed by atoms with Crippen LogP contribution in [0.4, 0.5) is 16.2 Å². The summed E-state index contributed by atoms with van der Waals surface area (Å²) < 4.78 is 17.0. The number of fused-ring (bicyclic) bond motifs is 1. The highest BCUT2D eigenvalue weighted by Gasteiger charge is 2.18. The van der Waals surface area contributed by atoms with E-state index >= 15 is 0 Å². The number of hydrogen-bond donors (Lipinski definition) is 1. The number of aromatic nitrogens is 2. The Bertz CT molecular complexity index is 922. The number of nitrogens with one attached hydrogen (secondary N) is 1. The summed E-state index contributed by atoms with van der Waals surface area (Å²) in [6, 6.07) is 9.77. The maximum Gasteiger partial charge on any atom is 0.228 e. The van der Waals surface area contributed by atoms with Gasteiger partial charge in [0.2, 0.25) is 12.8 Å².